The molecule has 2 aromatic heterocycles. The van der Waals surface area contributed by atoms with Gasteiger partial charge in [-0.05, 0) is 36.8 Å². The number of aliphatic carboxylic acids is 1. The highest BCUT2D eigenvalue weighted by molar-refractivity contribution is 8.01. The number of ether oxygens (including phenoxy) is 1. The molecule has 0 bridgehead atoms. The predicted octanol–water partition coefficient (Wildman–Crippen LogP) is -0.0617. The molecule has 222 valence electrons. The summed E-state index contributed by atoms with van der Waals surface area (Å²) in [4.78, 5) is 60.8. The maximum Gasteiger partial charge on any atom is 0.352 e. The van der Waals surface area contributed by atoms with Crippen LogP contribution < -0.4 is 11.1 Å². The van der Waals surface area contributed by atoms with Crippen molar-refractivity contribution in [3.8, 4) is 12.3 Å². The van der Waals surface area contributed by atoms with Crippen LogP contribution in [-0.4, -0.2) is 99.8 Å². The molecule has 4 N–H and O–H groups in total. The van der Waals surface area contributed by atoms with Crippen molar-refractivity contribution in [2.24, 2.45) is 5.16 Å². The number of rotatable bonds is 11. The fraction of sp³-hybridized carbons (Fsp3) is 0.435. The number of carbonyl (C=O) groups excluding carboxylic acids is 3. The van der Waals surface area contributed by atoms with Crippen molar-refractivity contribution in [3.05, 3.63) is 22.3 Å². The lowest BCUT2D eigenvalue weighted by molar-refractivity contribution is -0.160. The number of amides is 2. The lowest BCUT2D eigenvalue weighted by Gasteiger charge is -2.49. The van der Waals surface area contributed by atoms with Gasteiger partial charge in [0.25, 0.3) is 11.8 Å². The molecule has 1 fully saturated rings. The van der Waals surface area contributed by atoms with Crippen LogP contribution in [0.15, 0.2) is 27.0 Å². The molecule has 0 aliphatic carbocycles. The number of hydrogen-bond acceptors (Lipinski definition) is 15. The highest BCUT2D eigenvalue weighted by atomic mass is 32.2. The van der Waals surface area contributed by atoms with Gasteiger partial charge in [0, 0.05) is 16.9 Å². The first-order valence-electron chi connectivity index (χ1n) is 12.1. The Morgan fingerprint density at radius 2 is 2.14 bits per heavy atom. The van der Waals surface area contributed by atoms with Crippen LogP contribution in [-0.2, 0) is 35.3 Å². The fourth-order valence-electron chi connectivity index (χ4n) is 3.76. The van der Waals surface area contributed by atoms with E-state index < -0.39 is 47.4 Å². The van der Waals surface area contributed by atoms with Crippen molar-refractivity contribution in [2.45, 2.75) is 49.5 Å². The number of carbonyl (C=O) groups is 4. The zero-order valence-electron chi connectivity index (χ0n) is 22.5. The number of nitrogens with two attached hydrogens (primary N) is 1. The topological polar surface area (TPSA) is 217 Å². The minimum atomic E-state index is -1.28. The number of fused-ring (bicyclic) bond motifs is 1. The Kier molecular flexibility index (Phi) is 9.38. The highest BCUT2D eigenvalue weighted by Gasteiger charge is 2.54. The fourth-order valence-corrected chi connectivity index (χ4v) is 6.67. The molecule has 0 spiro atoms. The summed E-state index contributed by atoms with van der Waals surface area (Å²) in [5.41, 5.74) is 5.02. The SMILES string of the molecule is C#CCn1nnnc1SCC1=C(C(=O)O)N2C(=O)C(NC(=O)C(=NOCC(=O)OC(C)(C)C)c3csc(N)n3)[C@H]2SC1. The van der Waals surface area contributed by atoms with Gasteiger partial charge in [0.05, 0.1) is 0 Å². The van der Waals surface area contributed by atoms with Crippen LogP contribution >= 0.6 is 34.9 Å². The smallest absolute Gasteiger partial charge is 0.352 e. The van der Waals surface area contributed by atoms with Crippen LogP contribution in [0.3, 0.4) is 0 Å². The zero-order valence-corrected chi connectivity index (χ0v) is 24.9. The standard InChI is InChI=1S/C23H25N9O7S3/c1-5-6-31-22(27-29-30-31)42-9-11-8-40-19-15(18(35)32(19)16(11)20(36)37)26-17(34)14(12-10-41-21(24)25-12)28-38-7-13(33)39-23(2,3)4/h1,10,15,19H,6-9H2,2-4H3,(H2,24,25)(H,26,34)(H,36,37)/t15?,19-/m1/s1. The van der Waals surface area contributed by atoms with Gasteiger partial charge in [-0.25, -0.2) is 19.3 Å². The number of tetrazole rings is 1. The number of nitrogens with zero attached hydrogens (tertiary/aromatic N) is 7. The number of carboxylic acid groups (broad SMARTS) is 1. The van der Waals surface area contributed by atoms with Gasteiger partial charge in [-0.1, -0.05) is 22.8 Å². The van der Waals surface area contributed by atoms with Crippen molar-refractivity contribution < 1.29 is 33.9 Å². The number of nitrogens with one attached hydrogen (secondary N) is 1. The summed E-state index contributed by atoms with van der Waals surface area (Å²) in [6, 6.07) is -1.05. The molecule has 2 aliphatic heterocycles. The summed E-state index contributed by atoms with van der Waals surface area (Å²) in [6.45, 7) is 4.63. The first-order chi connectivity index (χ1) is 19.9. The molecule has 2 aliphatic rings. The van der Waals surface area contributed by atoms with E-state index in [0.717, 1.165) is 16.2 Å². The average molecular weight is 636 g/mol. The van der Waals surface area contributed by atoms with Crippen molar-refractivity contribution in [1.29, 1.82) is 0 Å². The van der Waals surface area contributed by atoms with Gasteiger partial charge in [0.15, 0.2) is 10.8 Å². The van der Waals surface area contributed by atoms with Crippen LogP contribution in [0.4, 0.5) is 5.13 Å². The van der Waals surface area contributed by atoms with Gasteiger partial charge in [0.1, 0.15) is 35.0 Å². The summed E-state index contributed by atoms with van der Waals surface area (Å²) in [6.07, 6.45) is 5.32. The third-order valence-electron chi connectivity index (χ3n) is 5.39. The molecular formula is C23H25N9O7S3. The number of thioether (sulfide) groups is 2. The number of hydrogen-bond donors (Lipinski definition) is 3. The number of nitrogen functional groups attached to an aromatic ring is 1. The molecule has 16 nitrogen and oxygen atoms in total. The third kappa shape index (κ3) is 7.00. The predicted molar refractivity (Wildman–Crippen MR) is 152 cm³/mol. The Morgan fingerprint density at radius 1 is 1.38 bits per heavy atom. The zero-order chi connectivity index (χ0) is 30.6. The van der Waals surface area contributed by atoms with Crippen molar-refractivity contribution in [2.75, 3.05) is 23.8 Å². The number of aromatic nitrogens is 5. The number of carboxylic acids is 1. The first kappa shape index (κ1) is 30.8. The van der Waals surface area contributed by atoms with Crippen LogP contribution in [0.25, 0.3) is 0 Å². The number of oxime groups is 1. The van der Waals surface area contributed by atoms with Crippen LogP contribution in [0, 0.1) is 12.3 Å². The minimum Gasteiger partial charge on any atom is -0.477 e. The molecule has 1 saturated heterocycles. The average Bonchev–Trinajstić information content (AvgIpc) is 3.55. The third-order valence-corrected chi connectivity index (χ3v) is 8.45. The molecule has 0 radical (unpaired) electrons. The van der Waals surface area contributed by atoms with E-state index in [0.29, 0.717) is 10.7 Å². The number of esters is 1. The molecule has 1 unspecified atom stereocenters. The second-order valence-corrected chi connectivity index (χ2v) is 12.5. The Bertz CT molecular complexity index is 1500. The molecule has 42 heavy (non-hydrogen) atoms. The Hall–Kier alpha value is -4.15. The molecule has 2 aromatic rings. The Balaban J connectivity index is 1.46. The van der Waals surface area contributed by atoms with Gasteiger partial charge in [-0.3, -0.25) is 14.5 Å². The molecular weight excluding hydrogens is 611 g/mol. The Labute approximate surface area is 251 Å². The van der Waals surface area contributed by atoms with Gasteiger partial charge >= 0.3 is 11.9 Å². The van der Waals surface area contributed by atoms with Gasteiger partial charge in [-0.2, -0.15) is 0 Å². The summed E-state index contributed by atoms with van der Waals surface area (Å²) in [5.74, 6) is -0.539. The number of thiazole rings is 1. The number of terminal acetylenes is 1. The number of anilines is 1. The van der Waals surface area contributed by atoms with E-state index >= 15 is 0 Å². The summed E-state index contributed by atoms with van der Waals surface area (Å²) in [5, 5.41) is 28.9. The quantitative estimate of drug-likeness (QED) is 0.0736. The van der Waals surface area contributed by atoms with E-state index in [1.807, 2.05) is 0 Å². The Morgan fingerprint density at radius 3 is 2.79 bits per heavy atom. The van der Waals surface area contributed by atoms with Crippen molar-refractivity contribution in [1.82, 2.24) is 35.4 Å². The molecule has 4 heterocycles. The first-order valence-corrected chi connectivity index (χ1v) is 15.0. The van der Waals surface area contributed by atoms with Crippen molar-refractivity contribution in [3.63, 3.8) is 0 Å². The second-order valence-electron chi connectivity index (χ2n) is 9.60. The summed E-state index contributed by atoms with van der Waals surface area (Å²) >= 11 is 3.52. The molecule has 2 amide bonds. The second kappa shape index (κ2) is 12.8. The largest absolute Gasteiger partial charge is 0.477 e. The summed E-state index contributed by atoms with van der Waals surface area (Å²) < 4.78 is 6.55. The van der Waals surface area contributed by atoms with Gasteiger partial charge in [0.2, 0.25) is 11.8 Å². The van der Waals surface area contributed by atoms with E-state index in [-0.39, 0.29) is 40.3 Å². The molecule has 0 aromatic carbocycles. The van der Waals surface area contributed by atoms with Crippen LogP contribution in [0.2, 0.25) is 0 Å². The van der Waals surface area contributed by atoms with E-state index in [1.165, 1.54) is 33.6 Å². The van der Waals surface area contributed by atoms with Gasteiger partial charge in [-0.15, -0.1) is 34.6 Å². The maximum absolute atomic E-state index is 13.2. The maximum atomic E-state index is 13.2. The van der Waals surface area contributed by atoms with Crippen molar-refractivity contribution >= 4 is 69.5 Å². The number of β-lactam (4-membered cyclic amide) rings is 1. The van der Waals surface area contributed by atoms with E-state index in [9.17, 15) is 24.3 Å². The lowest BCUT2D eigenvalue weighted by Crippen LogP contribution is -2.71. The van der Waals surface area contributed by atoms with E-state index in [1.54, 1.807) is 20.8 Å². The highest BCUT2D eigenvalue weighted by Crippen LogP contribution is 2.41. The molecule has 4 rings (SSSR count). The van der Waals surface area contributed by atoms with E-state index in [2.05, 4.69) is 36.9 Å². The normalized spacial score (nSPS) is 18.6. The van der Waals surface area contributed by atoms with E-state index in [4.69, 9.17) is 21.7 Å². The molecule has 2 atom stereocenters. The van der Waals surface area contributed by atoms with Crippen LogP contribution in [0.5, 0.6) is 0 Å². The van der Waals surface area contributed by atoms with Crippen LogP contribution in [0.1, 0.15) is 26.5 Å². The monoisotopic (exact) mass is 635 g/mol. The molecule has 19 heteroatoms. The lowest BCUT2D eigenvalue weighted by atomic mass is 10.0. The summed E-state index contributed by atoms with van der Waals surface area (Å²) in [7, 11) is 0. The molecule has 0 saturated carbocycles. The van der Waals surface area contributed by atoms with Gasteiger partial charge < -0.3 is 25.7 Å². The minimum absolute atomic E-state index is 0.0664.